The second-order valence-corrected chi connectivity index (χ2v) is 9.10. The number of ether oxygens (including phenoxy) is 1. The van der Waals surface area contributed by atoms with Crippen LogP contribution in [0.5, 0.6) is 5.75 Å². The van der Waals surface area contributed by atoms with E-state index in [0.717, 1.165) is 0 Å². The van der Waals surface area contributed by atoms with Crippen LogP contribution in [0.15, 0.2) is 77.7 Å². The summed E-state index contributed by atoms with van der Waals surface area (Å²) < 4.78 is 33.0. The van der Waals surface area contributed by atoms with Crippen LogP contribution in [0.3, 0.4) is 0 Å². The molecule has 6 nitrogen and oxygen atoms in total. The summed E-state index contributed by atoms with van der Waals surface area (Å²) in [6, 6.07) is 20.1. The van der Waals surface area contributed by atoms with Crippen LogP contribution in [-0.2, 0) is 10.0 Å². The van der Waals surface area contributed by atoms with Crippen molar-refractivity contribution in [2.45, 2.75) is 4.90 Å². The van der Waals surface area contributed by atoms with Gasteiger partial charge in [0.25, 0.3) is 15.9 Å². The van der Waals surface area contributed by atoms with E-state index < -0.39 is 10.0 Å². The highest BCUT2D eigenvalue weighted by Gasteiger charge is 2.28. The van der Waals surface area contributed by atoms with E-state index in [2.05, 4.69) is 0 Å². The SMILES string of the molecule is CN(c1ccccc1)S(=O)(=O)c1ccc(Cl)c(C(=O)N2CCOc3ccccc32)c1. The summed E-state index contributed by atoms with van der Waals surface area (Å²) in [6.07, 6.45) is 0. The van der Waals surface area contributed by atoms with Crippen LogP contribution in [0.1, 0.15) is 10.4 Å². The Balaban J connectivity index is 1.72. The molecule has 0 fully saturated rings. The summed E-state index contributed by atoms with van der Waals surface area (Å²) in [7, 11) is -2.41. The first-order chi connectivity index (χ1) is 14.4. The maximum absolute atomic E-state index is 13.3. The molecule has 0 atom stereocenters. The lowest BCUT2D eigenvalue weighted by Gasteiger charge is -2.30. The third-order valence-corrected chi connectivity index (χ3v) is 7.03. The second kappa shape index (κ2) is 8.01. The molecule has 4 rings (SSSR count). The van der Waals surface area contributed by atoms with Crippen LogP contribution in [-0.4, -0.2) is 34.5 Å². The Morgan fingerprint density at radius 2 is 1.73 bits per heavy atom. The van der Waals surface area contributed by atoms with E-state index in [0.29, 0.717) is 30.3 Å². The lowest BCUT2D eigenvalue weighted by atomic mass is 10.1. The summed E-state index contributed by atoms with van der Waals surface area (Å²) in [4.78, 5) is 14.8. The van der Waals surface area contributed by atoms with E-state index in [-0.39, 0.29) is 21.4 Å². The topological polar surface area (TPSA) is 66.9 Å². The van der Waals surface area contributed by atoms with Gasteiger partial charge in [0.1, 0.15) is 12.4 Å². The summed E-state index contributed by atoms with van der Waals surface area (Å²) in [5.41, 5.74) is 1.26. The molecule has 3 aromatic carbocycles. The molecule has 0 spiro atoms. The fraction of sp³-hybridized carbons (Fsp3) is 0.136. The van der Waals surface area contributed by atoms with Gasteiger partial charge in [-0.2, -0.15) is 0 Å². The van der Waals surface area contributed by atoms with Crippen molar-refractivity contribution in [2.24, 2.45) is 0 Å². The molecule has 0 radical (unpaired) electrons. The zero-order chi connectivity index (χ0) is 21.3. The Bertz CT molecular complexity index is 1200. The number of rotatable bonds is 4. The van der Waals surface area contributed by atoms with Crippen LogP contribution < -0.4 is 13.9 Å². The number of amides is 1. The molecule has 1 amide bonds. The lowest BCUT2D eigenvalue weighted by molar-refractivity contribution is 0.0976. The number of hydrogen-bond donors (Lipinski definition) is 0. The predicted molar refractivity (Wildman–Crippen MR) is 117 cm³/mol. The Morgan fingerprint density at radius 1 is 1.03 bits per heavy atom. The van der Waals surface area contributed by atoms with E-state index in [4.69, 9.17) is 16.3 Å². The molecule has 0 saturated heterocycles. The molecule has 0 aliphatic carbocycles. The van der Waals surface area contributed by atoms with E-state index in [1.165, 1.54) is 29.6 Å². The fourth-order valence-corrected chi connectivity index (χ4v) is 4.71. The van der Waals surface area contributed by atoms with Gasteiger partial charge in [0, 0.05) is 7.05 Å². The molecule has 0 bridgehead atoms. The van der Waals surface area contributed by atoms with Crippen LogP contribution in [0.2, 0.25) is 5.02 Å². The molecule has 0 saturated carbocycles. The van der Waals surface area contributed by atoms with Gasteiger partial charge in [-0.15, -0.1) is 0 Å². The van der Waals surface area contributed by atoms with Crippen LogP contribution in [0.25, 0.3) is 0 Å². The van der Waals surface area contributed by atoms with Crippen molar-refractivity contribution in [3.05, 3.63) is 83.4 Å². The fourth-order valence-electron chi connectivity index (χ4n) is 3.29. The first-order valence-electron chi connectivity index (χ1n) is 9.27. The van der Waals surface area contributed by atoms with Gasteiger partial charge in [-0.1, -0.05) is 41.9 Å². The quantitative estimate of drug-likeness (QED) is 0.607. The van der Waals surface area contributed by atoms with Crippen molar-refractivity contribution < 1.29 is 17.9 Å². The van der Waals surface area contributed by atoms with Gasteiger partial charge < -0.3 is 9.64 Å². The third kappa shape index (κ3) is 3.62. The Hall–Kier alpha value is -3.03. The molecule has 30 heavy (non-hydrogen) atoms. The Labute approximate surface area is 180 Å². The minimum Gasteiger partial charge on any atom is -0.490 e. The second-order valence-electron chi connectivity index (χ2n) is 6.72. The minimum atomic E-state index is -3.88. The van der Waals surface area contributed by atoms with Gasteiger partial charge in [0.2, 0.25) is 0 Å². The number of carbonyl (C=O) groups excluding carboxylic acids is 1. The average Bonchev–Trinajstić information content (AvgIpc) is 2.78. The summed E-state index contributed by atoms with van der Waals surface area (Å²) in [5, 5.41) is 0.185. The number of fused-ring (bicyclic) bond motifs is 1. The molecule has 1 heterocycles. The van der Waals surface area contributed by atoms with Crippen molar-refractivity contribution in [3.63, 3.8) is 0 Å². The van der Waals surface area contributed by atoms with Crippen molar-refractivity contribution >= 4 is 38.9 Å². The molecule has 154 valence electrons. The number of para-hydroxylation sites is 3. The average molecular weight is 443 g/mol. The van der Waals surface area contributed by atoms with Crippen LogP contribution in [0.4, 0.5) is 11.4 Å². The molecule has 0 aromatic heterocycles. The highest BCUT2D eigenvalue weighted by molar-refractivity contribution is 7.92. The number of halogens is 1. The molecule has 0 N–H and O–H groups in total. The maximum Gasteiger partial charge on any atom is 0.264 e. The van der Waals surface area contributed by atoms with Crippen molar-refractivity contribution in [1.29, 1.82) is 0 Å². The van der Waals surface area contributed by atoms with Crippen molar-refractivity contribution in [3.8, 4) is 5.75 Å². The zero-order valence-electron chi connectivity index (χ0n) is 16.2. The van der Waals surface area contributed by atoms with E-state index in [9.17, 15) is 13.2 Å². The van der Waals surface area contributed by atoms with Gasteiger partial charge in [0.15, 0.2) is 0 Å². The third-order valence-electron chi connectivity index (χ3n) is 4.92. The normalized spacial score (nSPS) is 13.3. The van der Waals surface area contributed by atoms with Crippen molar-refractivity contribution in [1.82, 2.24) is 0 Å². The number of anilines is 2. The van der Waals surface area contributed by atoms with Crippen molar-refractivity contribution in [2.75, 3.05) is 29.4 Å². The molecule has 1 aliphatic heterocycles. The molecule has 0 unspecified atom stereocenters. The minimum absolute atomic E-state index is 0.0110. The largest absolute Gasteiger partial charge is 0.490 e. The number of hydrogen-bond acceptors (Lipinski definition) is 4. The van der Waals surface area contributed by atoms with Gasteiger partial charge in [-0.3, -0.25) is 9.10 Å². The monoisotopic (exact) mass is 442 g/mol. The highest BCUT2D eigenvalue weighted by atomic mass is 35.5. The highest BCUT2D eigenvalue weighted by Crippen LogP contribution is 2.34. The zero-order valence-corrected chi connectivity index (χ0v) is 17.7. The summed E-state index contributed by atoms with van der Waals surface area (Å²) in [6.45, 7) is 0.683. The van der Waals surface area contributed by atoms with Gasteiger partial charge in [-0.25, -0.2) is 8.42 Å². The van der Waals surface area contributed by atoms with Gasteiger partial charge in [-0.05, 0) is 42.5 Å². The van der Waals surface area contributed by atoms with Gasteiger partial charge >= 0.3 is 0 Å². The Kier molecular flexibility index (Phi) is 5.40. The van der Waals surface area contributed by atoms with E-state index in [1.54, 1.807) is 41.3 Å². The number of nitrogens with zero attached hydrogens (tertiary/aromatic N) is 2. The molecule has 8 heteroatoms. The summed E-state index contributed by atoms with van der Waals surface area (Å²) >= 11 is 6.30. The first-order valence-corrected chi connectivity index (χ1v) is 11.1. The van der Waals surface area contributed by atoms with E-state index in [1.807, 2.05) is 18.2 Å². The standard InChI is InChI=1S/C22H19ClN2O4S/c1-24(16-7-3-2-4-8-16)30(27,28)17-11-12-19(23)18(15-17)22(26)25-13-14-29-21-10-6-5-9-20(21)25/h2-12,15H,13-14H2,1H3. The maximum atomic E-state index is 13.3. The first kappa shape index (κ1) is 20.3. The Morgan fingerprint density at radius 3 is 2.50 bits per heavy atom. The number of carbonyl (C=O) groups is 1. The number of sulfonamides is 1. The smallest absolute Gasteiger partial charge is 0.264 e. The summed E-state index contributed by atoms with van der Waals surface area (Å²) in [5.74, 6) is 0.218. The molecular formula is C22H19ClN2O4S. The molecular weight excluding hydrogens is 424 g/mol. The predicted octanol–water partition coefficient (Wildman–Crippen LogP) is 4.20. The lowest BCUT2D eigenvalue weighted by Crippen LogP contribution is -2.38. The van der Waals surface area contributed by atoms with Crippen LogP contribution in [0, 0.1) is 0 Å². The van der Waals surface area contributed by atoms with Crippen LogP contribution >= 0.6 is 11.6 Å². The number of benzene rings is 3. The molecule has 3 aromatic rings. The molecule has 1 aliphatic rings. The van der Waals surface area contributed by atoms with Gasteiger partial charge in [0.05, 0.1) is 33.4 Å². The van der Waals surface area contributed by atoms with E-state index >= 15 is 0 Å².